The lowest BCUT2D eigenvalue weighted by atomic mass is 10.0. The molecule has 1 amide bonds. The highest BCUT2D eigenvalue weighted by Crippen LogP contribution is 2.23. The van der Waals surface area contributed by atoms with Gasteiger partial charge in [0.05, 0.1) is 12.0 Å². The lowest BCUT2D eigenvalue weighted by Gasteiger charge is -2.12. The van der Waals surface area contributed by atoms with Gasteiger partial charge in [-0.2, -0.15) is 0 Å². The molecule has 0 saturated heterocycles. The van der Waals surface area contributed by atoms with Crippen molar-refractivity contribution in [2.24, 2.45) is 0 Å². The van der Waals surface area contributed by atoms with E-state index >= 15 is 0 Å². The van der Waals surface area contributed by atoms with Crippen molar-refractivity contribution in [3.63, 3.8) is 0 Å². The maximum absolute atomic E-state index is 13.2. The molecule has 0 aliphatic rings. The fourth-order valence-electron chi connectivity index (χ4n) is 3.41. The quantitative estimate of drug-likeness (QED) is 0.235. The molecular weight excluding hydrogens is 479 g/mol. The zero-order chi connectivity index (χ0) is 25.5. The predicted molar refractivity (Wildman–Crippen MR) is 140 cm³/mol. The lowest BCUT2D eigenvalue weighted by Crippen LogP contribution is -2.15. The van der Waals surface area contributed by atoms with Gasteiger partial charge in [-0.15, -0.1) is 0 Å². The van der Waals surface area contributed by atoms with E-state index in [-0.39, 0.29) is 16.5 Å². The molecule has 0 heterocycles. The Morgan fingerprint density at radius 3 is 2.03 bits per heavy atom. The summed E-state index contributed by atoms with van der Waals surface area (Å²) in [6.07, 6.45) is 1.77. The second-order valence-corrected chi connectivity index (χ2v) is 9.47. The molecule has 0 atom stereocenters. The van der Waals surface area contributed by atoms with Gasteiger partial charge in [0.1, 0.15) is 11.6 Å². The summed E-state index contributed by atoms with van der Waals surface area (Å²) in [6, 6.07) is 27.3. The summed E-state index contributed by atoms with van der Waals surface area (Å²) in [7, 11) is -2.30. The Hall–Kier alpha value is -4.43. The highest BCUT2D eigenvalue weighted by atomic mass is 32.2. The van der Waals surface area contributed by atoms with E-state index in [2.05, 4.69) is 10.0 Å². The molecule has 0 spiro atoms. The molecule has 0 aliphatic carbocycles. The number of sulfonamides is 1. The van der Waals surface area contributed by atoms with Crippen LogP contribution in [0.4, 0.5) is 15.8 Å². The van der Waals surface area contributed by atoms with E-state index in [1.165, 1.54) is 48.5 Å². The maximum atomic E-state index is 13.2. The van der Waals surface area contributed by atoms with E-state index in [1.807, 2.05) is 54.6 Å². The smallest absolute Gasteiger partial charge is 0.261 e. The van der Waals surface area contributed by atoms with Gasteiger partial charge >= 0.3 is 0 Å². The molecule has 6 nitrogen and oxygen atoms in total. The second-order valence-electron chi connectivity index (χ2n) is 7.79. The van der Waals surface area contributed by atoms with Crippen LogP contribution in [0.15, 0.2) is 108 Å². The molecule has 4 aromatic carbocycles. The summed E-state index contributed by atoms with van der Waals surface area (Å²) >= 11 is 0. The number of halogens is 1. The third kappa shape index (κ3) is 6.17. The number of hydrogen-bond acceptors (Lipinski definition) is 4. The van der Waals surface area contributed by atoms with Crippen LogP contribution in [0, 0.1) is 5.82 Å². The molecule has 36 heavy (non-hydrogen) atoms. The van der Waals surface area contributed by atoms with Crippen molar-refractivity contribution >= 4 is 39.0 Å². The van der Waals surface area contributed by atoms with Crippen LogP contribution in [0.3, 0.4) is 0 Å². The minimum Gasteiger partial charge on any atom is -0.497 e. The Morgan fingerprint density at radius 1 is 0.806 bits per heavy atom. The van der Waals surface area contributed by atoms with Crippen LogP contribution in [0.5, 0.6) is 5.75 Å². The van der Waals surface area contributed by atoms with Crippen LogP contribution in [-0.4, -0.2) is 21.4 Å². The van der Waals surface area contributed by atoms with E-state index in [4.69, 9.17) is 4.74 Å². The van der Waals surface area contributed by atoms with Crippen molar-refractivity contribution in [3.8, 4) is 5.75 Å². The summed E-state index contributed by atoms with van der Waals surface area (Å²) in [4.78, 5) is 13.2. The van der Waals surface area contributed by atoms with Crippen LogP contribution in [0.2, 0.25) is 0 Å². The largest absolute Gasteiger partial charge is 0.497 e. The average molecular weight is 503 g/mol. The third-order valence-corrected chi connectivity index (χ3v) is 6.67. The Bertz CT molecular complexity index is 1470. The monoisotopic (exact) mass is 502 g/mol. The van der Waals surface area contributed by atoms with Gasteiger partial charge in [-0.25, -0.2) is 12.8 Å². The zero-order valence-corrected chi connectivity index (χ0v) is 20.1. The van der Waals surface area contributed by atoms with Crippen molar-refractivity contribution in [2.45, 2.75) is 4.90 Å². The molecule has 4 aromatic rings. The third-order valence-electron chi connectivity index (χ3n) is 5.28. The van der Waals surface area contributed by atoms with Crippen LogP contribution < -0.4 is 14.8 Å². The number of methoxy groups -OCH3 is 1. The predicted octanol–water partition coefficient (Wildman–Crippen LogP) is 5.81. The number of hydrogen-bond donors (Lipinski definition) is 2. The van der Waals surface area contributed by atoms with Gasteiger partial charge in [-0.05, 0) is 77.9 Å². The zero-order valence-electron chi connectivity index (χ0n) is 19.3. The molecule has 182 valence electrons. The van der Waals surface area contributed by atoms with E-state index < -0.39 is 15.8 Å². The number of carbonyl (C=O) groups excluding carboxylic acids is 1. The van der Waals surface area contributed by atoms with Gasteiger partial charge in [0.15, 0.2) is 0 Å². The molecule has 2 N–H and O–H groups in total. The number of amides is 1. The number of carbonyl (C=O) groups is 1. The summed E-state index contributed by atoms with van der Waals surface area (Å²) in [5, 5.41) is 2.83. The van der Waals surface area contributed by atoms with Crippen LogP contribution in [-0.2, 0) is 14.8 Å². The van der Waals surface area contributed by atoms with Crippen molar-refractivity contribution < 1.29 is 22.3 Å². The number of anilines is 2. The maximum Gasteiger partial charge on any atom is 0.261 e. The van der Waals surface area contributed by atoms with Crippen molar-refractivity contribution in [1.29, 1.82) is 0 Å². The summed E-state index contributed by atoms with van der Waals surface area (Å²) in [5.74, 6) is -0.104. The summed E-state index contributed by atoms with van der Waals surface area (Å²) in [6.45, 7) is 0. The molecule has 0 unspecified atom stereocenters. The van der Waals surface area contributed by atoms with E-state index in [9.17, 15) is 17.6 Å². The molecule has 4 rings (SSSR count). The number of nitrogens with one attached hydrogen (secondary N) is 2. The SMILES string of the molecule is COc1ccc(C=C(C(=O)Nc2ccc(S(=O)(=O)Nc3ccc(F)cc3)cc2)c2ccccc2)cc1. The highest BCUT2D eigenvalue weighted by molar-refractivity contribution is 7.92. The summed E-state index contributed by atoms with van der Waals surface area (Å²) < 4.78 is 46.0. The number of ether oxygens (including phenoxy) is 1. The van der Waals surface area contributed by atoms with Crippen LogP contribution in [0.25, 0.3) is 11.6 Å². The second kappa shape index (κ2) is 10.9. The number of benzene rings is 4. The normalized spacial score (nSPS) is 11.6. The fourth-order valence-corrected chi connectivity index (χ4v) is 4.47. The number of rotatable bonds is 8. The van der Waals surface area contributed by atoms with E-state index in [0.29, 0.717) is 17.0 Å². The van der Waals surface area contributed by atoms with Gasteiger partial charge in [0, 0.05) is 16.9 Å². The van der Waals surface area contributed by atoms with E-state index in [0.717, 1.165) is 11.1 Å². The topological polar surface area (TPSA) is 84.5 Å². The molecule has 0 aliphatic heterocycles. The highest BCUT2D eigenvalue weighted by Gasteiger charge is 2.16. The van der Waals surface area contributed by atoms with Crippen molar-refractivity contribution in [1.82, 2.24) is 0 Å². The molecule has 0 saturated carbocycles. The Morgan fingerprint density at radius 2 is 1.42 bits per heavy atom. The average Bonchev–Trinajstić information content (AvgIpc) is 2.89. The van der Waals surface area contributed by atoms with Gasteiger partial charge in [-0.3, -0.25) is 9.52 Å². The Labute approximate surface area is 209 Å². The first-order chi connectivity index (χ1) is 17.3. The molecule has 0 fully saturated rings. The molecule has 0 radical (unpaired) electrons. The molecular formula is C28H23FN2O4S. The van der Waals surface area contributed by atoms with Crippen molar-refractivity contribution in [3.05, 3.63) is 120 Å². The lowest BCUT2D eigenvalue weighted by molar-refractivity contribution is -0.111. The molecule has 0 bridgehead atoms. The van der Waals surface area contributed by atoms with Gasteiger partial charge in [0.25, 0.3) is 15.9 Å². The first kappa shape index (κ1) is 24.7. The standard InChI is InChI=1S/C28H23FN2O4S/c1-35-25-15-7-20(8-16-25)19-27(21-5-3-2-4-6-21)28(32)30-23-13-17-26(18-14-23)36(33,34)31-24-11-9-22(29)10-12-24/h2-19,31H,1H3,(H,30,32). The van der Waals surface area contributed by atoms with Gasteiger partial charge in [-0.1, -0.05) is 42.5 Å². The minimum absolute atomic E-state index is 0.00174. The first-order valence-electron chi connectivity index (χ1n) is 10.9. The van der Waals surface area contributed by atoms with E-state index in [1.54, 1.807) is 13.2 Å². The first-order valence-corrected chi connectivity index (χ1v) is 12.4. The molecule has 8 heteroatoms. The van der Waals surface area contributed by atoms with Crippen LogP contribution in [0.1, 0.15) is 11.1 Å². The summed E-state index contributed by atoms with van der Waals surface area (Å²) in [5.41, 5.74) is 2.66. The van der Waals surface area contributed by atoms with Crippen molar-refractivity contribution in [2.75, 3.05) is 17.1 Å². The fraction of sp³-hybridized carbons (Fsp3) is 0.0357. The van der Waals surface area contributed by atoms with Gasteiger partial charge < -0.3 is 10.1 Å². The Balaban J connectivity index is 1.54. The Kier molecular flexibility index (Phi) is 7.46. The minimum atomic E-state index is -3.88. The van der Waals surface area contributed by atoms with Crippen LogP contribution >= 0.6 is 0 Å². The van der Waals surface area contributed by atoms with Gasteiger partial charge in [0.2, 0.25) is 0 Å². The molecule has 0 aromatic heterocycles.